The molecule has 0 aliphatic carbocycles. The Morgan fingerprint density at radius 2 is 1.67 bits per heavy atom. The maximum absolute atomic E-state index is 11.9. The van der Waals surface area contributed by atoms with Crippen molar-refractivity contribution < 1.29 is 42.8 Å². The number of esters is 2. The second-order valence-electron chi connectivity index (χ2n) is 12.1. The van der Waals surface area contributed by atoms with Crippen LogP contribution in [-0.2, 0) is 37.7 Å². The molecular weight excluding hydrogens is 526 g/mol. The van der Waals surface area contributed by atoms with Crippen LogP contribution in [0.3, 0.4) is 0 Å². The zero-order valence-corrected chi connectivity index (χ0v) is 26.1. The summed E-state index contributed by atoms with van der Waals surface area (Å²) in [5.41, 5.74) is 9.43. The van der Waals surface area contributed by atoms with E-state index in [-0.39, 0.29) is 11.6 Å². The molecule has 2 saturated heterocycles. The molecule has 0 aromatic rings. The first kappa shape index (κ1) is 33.5. The van der Waals surface area contributed by atoms with E-state index in [1.54, 1.807) is 13.8 Å². The maximum atomic E-state index is 11.9. The lowest BCUT2D eigenvalue weighted by atomic mass is 9.88. The molecule has 10 atom stereocenters. The van der Waals surface area contributed by atoms with Gasteiger partial charge in [-0.25, -0.2) is 0 Å². The molecule has 13 heteroatoms. The Kier molecular flexibility index (Phi) is 11.4. The van der Waals surface area contributed by atoms with Crippen molar-refractivity contribution in [1.82, 2.24) is 0 Å². The summed E-state index contributed by atoms with van der Waals surface area (Å²) in [7, 11) is -2.44. The quantitative estimate of drug-likeness (QED) is 0.132. The number of carbonyl (C=O) groups excluding carboxylic acids is 2. The molecule has 0 radical (unpaired) electrons. The van der Waals surface area contributed by atoms with E-state index in [1.165, 1.54) is 13.8 Å². The molecule has 0 amide bonds. The highest BCUT2D eigenvalue weighted by Crippen LogP contribution is 2.46. The van der Waals surface area contributed by atoms with Crippen LogP contribution in [0.2, 0.25) is 18.1 Å². The molecule has 4 unspecified atom stereocenters. The highest BCUT2D eigenvalue weighted by atomic mass is 28.4. The molecule has 2 aliphatic rings. The lowest BCUT2D eigenvalue weighted by Crippen LogP contribution is -2.62. The molecule has 0 bridgehead atoms. The van der Waals surface area contributed by atoms with E-state index in [2.05, 4.69) is 50.8 Å². The normalized spacial score (nSPS) is 35.7. The van der Waals surface area contributed by atoms with Gasteiger partial charge in [-0.15, -0.1) is 0 Å². The molecule has 39 heavy (non-hydrogen) atoms. The van der Waals surface area contributed by atoms with Crippen LogP contribution in [0, 0.1) is 17.8 Å². The van der Waals surface area contributed by atoms with Crippen molar-refractivity contribution in [1.29, 1.82) is 0 Å². The molecule has 0 aromatic carbocycles. The summed E-state index contributed by atoms with van der Waals surface area (Å²) in [5.74, 6) is -1.66. The fourth-order valence-corrected chi connectivity index (χ4v) is 7.44. The number of ether oxygens (including phenoxy) is 5. The third-order valence-corrected chi connectivity index (χ3v) is 13.3. The second kappa shape index (κ2) is 13.3. The topological polar surface area (TPSA) is 159 Å². The number of hydrogen-bond donors (Lipinski definition) is 1. The van der Waals surface area contributed by atoms with Crippen LogP contribution in [0.4, 0.5) is 0 Å². The highest BCUT2D eigenvalue weighted by molar-refractivity contribution is 6.74. The summed E-state index contributed by atoms with van der Waals surface area (Å²) >= 11 is 0. The van der Waals surface area contributed by atoms with Gasteiger partial charge in [0.25, 0.3) is 0 Å². The molecular formula is C26H47N3O9Si. The van der Waals surface area contributed by atoms with Gasteiger partial charge in [-0.3, -0.25) is 9.59 Å². The summed E-state index contributed by atoms with van der Waals surface area (Å²) < 4.78 is 36.2. The molecule has 0 spiro atoms. The van der Waals surface area contributed by atoms with Crippen molar-refractivity contribution in [2.24, 2.45) is 22.9 Å². The van der Waals surface area contributed by atoms with Crippen molar-refractivity contribution in [3.8, 4) is 0 Å². The molecule has 2 rings (SSSR count). The Morgan fingerprint density at radius 1 is 1.05 bits per heavy atom. The third-order valence-electron chi connectivity index (χ3n) is 8.80. The van der Waals surface area contributed by atoms with Gasteiger partial charge in [0.05, 0.1) is 24.4 Å². The number of azide groups is 1. The maximum Gasteiger partial charge on any atom is 0.303 e. The fraction of sp³-hybridized carbons (Fsp3) is 0.923. The van der Waals surface area contributed by atoms with Crippen LogP contribution >= 0.6 is 0 Å². The number of carbonyl (C=O) groups is 2. The molecule has 1 N–H and O–H groups in total. The van der Waals surface area contributed by atoms with E-state index in [0.29, 0.717) is 5.92 Å². The van der Waals surface area contributed by atoms with Gasteiger partial charge < -0.3 is 33.2 Å². The number of aliphatic hydroxyl groups is 1. The van der Waals surface area contributed by atoms with Gasteiger partial charge in [-0.1, -0.05) is 46.7 Å². The number of nitrogens with zero attached hydrogens (tertiary/aromatic N) is 3. The van der Waals surface area contributed by atoms with E-state index >= 15 is 0 Å². The number of hydrogen-bond acceptors (Lipinski definition) is 10. The minimum Gasteiger partial charge on any atom is -0.463 e. The number of rotatable bonds is 10. The first-order chi connectivity index (χ1) is 17.9. The first-order valence-electron chi connectivity index (χ1n) is 13.6. The predicted molar refractivity (Wildman–Crippen MR) is 145 cm³/mol. The van der Waals surface area contributed by atoms with Crippen LogP contribution in [-0.4, -0.2) is 81.1 Å². The van der Waals surface area contributed by atoms with Gasteiger partial charge in [0, 0.05) is 24.7 Å². The average molecular weight is 574 g/mol. The molecule has 12 nitrogen and oxygen atoms in total. The van der Waals surface area contributed by atoms with E-state index in [0.717, 1.165) is 0 Å². The minimum atomic E-state index is -2.44. The zero-order valence-electron chi connectivity index (χ0n) is 25.1. The number of aliphatic hydroxyl groups excluding tert-OH is 1. The van der Waals surface area contributed by atoms with Crippen LogP contribution in [0.15, 0.2) is 5.11 Å². The monoisotopic (exact) mass is 573 g/mol. The van der Waals surface area contributed by atoms with E-state index < -0.39 is 81.2 Å². The van der Waals surface area contributed by atoms with Crippen molar-refractivity contribution in [3.05, 3.63) is 10.4 Å². The molecule has 0 saturated carbocycles. The Bertz CT molecular complexity index is 911. The van der Waals surface area contributed by atoms with Crippen molar-refractivity contribution in [2.45, 2.75) is 130 Å². The van der Waals surface area contributed by atoms with Crippen LogP contribution in [0.25, 0.3) is 10.4 Å². The lowest BCUT2D eigenvalue weighted by Gasteiger charge is -2.50. The van der Waals surface area contributed by atoms with E-state index in [4.69, 9.17) is 28.1 Å². The predicted octanol–water partition coefficient (Wildman–Crippen LogP) is 4.31. The summed E-state index contributed by atoms with van der Waals surface area (Å²) in [4.78, 5) is 26.7. The molecule has 0 aromatic heterocycles. The van der Waals surface area contributed by atoms with Gasteiger partial charge in [-0.2, -0.15) is 0 Å². The SMILES string of the molecule is CC(=O)OCC1O[C@@H](O[Si](C)(C)C(C)(C)C(C)C)C(N=[N+]=[N-])[C@@H](C)[C@@H]1O[C@@H]1OC(C)[C@@H](O)[C@H](C)C1OC(C)=O. The summed E-state index contributed by atoms with van der Waals surface area (Å²) in [5, 5.41) is 14.4. The molecule has 2 heterocycles. The molecule has 2 fully saturated rings. The Morgan fingerprint density at radius 3 is 2.18 bits per heavy atom. The van der Waals surface area contributed by atoms with Gasteiger partial charge in [0.2, 0.25) is 0 Å². The average Bonchev–Trinajstić information content (AvgIpc) is 2.82. The first-order valence-corrected chi connectivity index (χ1v) is 16.5. The zero-order chi connectivity index (χ0) is 29.9. The summed E-state index contributed by atoms with van der Waals surface area (Å²) in [6, 6.07) is -0.764. The highest BCUT2D eigenvalue weighted by Gasteiger charge is 2.53. The second-order valence-corrected chi connectivity index (χ2v) is 16.7. The molecule has 2 aliphatic heterocycles. The standard InChI is InChI=1S/C26H47N3O9Si/c1-13(2)26(8,9)39(10,11)38-24-20(28-29-27)14(3)22(19(36-24)12-33-17(6)30)37-25-23(35-18(7)31)15(4)21(32)16(5)34-25/h13-16,19-25,32H,12H2,1-11H3/t14-,15+,16?,19?,20?,21+,22+,23?,24+,25+/m1/s1. The van der Waals surface area contributed by atoms with Gasteiger partial charge in [0.15, 0.2) is 27.0 Å². The summed E-state index contributed by atoms with van der Waals surface area (Å²) in [6.45, 7) is 20.5. The summed E-state index contributed by atoms with van der Waals surface area (Å²) in [6.07, 6.45) is -5.92. The van der Waals surface area contributed by atoms with Crippen molar-refractivity contribution in [3.63, 3.8) is 0 Å². The molecule has 224 valence electrons. The fourth-order valence-electron chi connectivity index (χ4n) is 4.97. The van der Waals surface area contributed by atoms with Gasteiger partial charge in [-0.05, 0) is 42.4 Å². The van der Waals surface area contributed by atoms with Crippen LogP contribution in [0.5, 0.6) is 0 Å². The smallest absolute Gasteiger partial charge is 0.303 e. The van der Waals surface area contributed by atoms with Gasteiger partial charge >= 0.3 is 11.9 Å². The van der Waals surface area contributed by atoms with Crippen molar-refractivity contribution >= 4 is 20.3 Å². The van der Waals surface area contributed by atoms with Crippen LogP contribution < -0.4 is 0 Å². The van der Waals surface area contributed by atoms with E-state index in [1.807, 2.05) is 6.92 Å². The minimum absolute atomic E-state index is 0.137. The Hall–Kier alpha value is -1.73. The largest absolute Gasteiger partial charge is 0.463 e. The Labute approximate surface area is 232 Å². The van der Waals surface area contributed by atoms with Crippen LogP contribution in [0.1, 0.15) is 62.3 Å². The van der Waals surface area contributed by atoms with E-state index in [9.17, 15) is 20.2 Å². The third kappa shape index (κ3) is 7.72. The Balaban J connectivity index is 2.44. The lowest BCUT2D eigenvalue weighted by molar-refractivity contribution is -0.327. The van der Waals surface area contributed by atoms with Crippen molar-refractivity contribution in [2.75, 3.05) is 6.61 Å². The van der Waals surface area contributed by atoms with Gasteiger partial charge in [0.1, 0.15) is 12.7 Å².